The molecular weight excluding hydrogens is 452 g/mol. The number of carbonyl (C=O) groups excluding carboxylic acids is 3. The van der Waals surface area contributed by atoms with E-state index in [9.17, 15) is 14.4 Å². The molecule has 0 atom stereocenters. The van der Waals surface area contributed by atoms with Crippen LogP contribution >= 0.6 is 11.8 Å². The highest BCUT2D eigenvalue weighted by molar-refractivity contribution is 7.99. The van der Waals surface area contributed by atoms with Crippen LogP contribution in [0.1, 0.15) is 20.7 Å². The van der Waals surface area contributed by atoms with Crippen molar-refractivity contribution in [3.8, 4) is 17.1 Å². The average molecular weight is 471 g/mol. The Hall–Kier alpha value is -4.24. The zero-order chi connectivity index (χ0) is 23.5. The SMILES string of the molecule is O=C(CSc1nnc(-c2ccccc2)n1-c1ccccc1)OCN1C(=O)c2ccccc2C1=O. The molecule has 0 N–H and O–H groups in total. The number of esters is 1. The molecule has 0 saturated heterocycles. The Morgan fingerprint density at radius 3 is 2.03 bits per heavy atom. The van der Waals surface area contributed by atoms with Gasteiger partial charge in [0.15, 0.2) is 17.7 Å². The Morgan fingerprint density at radius 2 is 1.38 bits per heavy atom. The average Bonchev–Trinajstić information content (AvgIpc) is 3.42. The summed E-state index contributed by atoms with van der Waals surface area (Å²) in [5.74, 6) is -0.947. The second kappa shape index (κ2) is 9.32. The molecule has 0 radical (unpaired) electrons. The standard InChI is InChI=1S/C25H18N4O4S/c30-21(33-16-28-23(31)19-13-7-8-14-20(19)24(28)32)15-34-25-27-26-22(17-9-3-1-4-10-17)29(25)18-11-5-2-6-12-18/h1-14H,15-16H2. The molecule has 9 heteroatoms. The number of rotatable bonds is 7. The van der Waals surface area contributed by atoms with Crippen LogP contribution in [-0.4, -0.2) is 49.9 Å². The monoisotopic (exact) mass is 470 g/mol. The Bertz CT molecular complexity index is 1340. The van der Waals surface area contributed by atoms with E-state index in [4.69, 9.17) is 4.74 Å². The van der Waals surface area contributed by atoms with Crippen molar-refractivity contribution in [1.29, 1.82) is 0 Å². The van der Waals surface area contributed by atoms with Crippen LogP contribution in [-0.2, 0) is 9.53 Å². The molecule has 3 aromatic carbocycles. The maximum Gasteiger partial charge on any atom is 0.318 e. The molecular formula is C25H18N4O4S. The normalized spacial score (nSPS) is 12.6. The number of benzene rings is 3. The van der Waals surface area contributed by atoms with Crippen LogP contribution in [0.4, 0.5) is 0 Å². The summed E-state index contributed by atoms with van der Waals surface area (Å²) < 4.78 is 7.10. The molecule has 0 unspecified atom stereocenters. The number of hydrogen-bond donors (Lipinski definition) is 0. The smallest absolute Gasteiger partial charge is 0.318 e. The van der Waals surface area contributed by atoms with E-state index in [-0.39, 0.29) is 5.75 Å². The summed E-state index contributed by atoms with van der Waals surface area (Å²) in [7, 11) is 0. The summed E-state index contributed by atoms with van der Waals surface area (Å²) in [6.07, 6.45) is 0. The third-order valence-electron chi connectivity index (χ3n) is 5.23. The third kappa shape index (κ3) is 4.08. The predicted octanol–water partition coefficient (Wildman–Crippen LogP) is 3.82. The number of imide groups is 1. The fourth-order valence-electron chi connectivity index (χ4n) is 3.61. The van der Waals surface area contributed by atoms with Gasteiger partial charge < -0.3 is 4.74 Å². The van der Waals surface area contributed by atoms with Gasteiger partial charge in [0.1, 0.15) is 0 Å². The first-order valence-electron chi connectivity index (χ1n) is 10.4. The lowest BCUT2D eigenvalue weighted by Gasteiger charge is -2.14. The van der Waals surface area contributed by atoms with E-state index < -0.39 is 24.5 Å². The van der Waals surface area contributed by atoms with E-state index in [1.807, 2.05) is 65.2 Å². The van der Waals surface area contributed by atoms with Gasteiger partial charge in [-0.1, -0.05) is 72.4 Å². The minimum atomic E-state index is -0.578. The second-order valence-electron chi connectivity index (χ2n) is 7.36. The van der Waals surface area contributed by atoms with Crippen LogP contribution in [0, 0.1) is 0 Å². The molecule has 2 heterocycles. The van der Waals surface area contributed by atoms with Crippen molar-refractivity contribution in [3.63, 3.8) is 0 Å². The number of para-hydroxylation sites is 1. The van der Waals surface area contributed by atoms with E-state index in [2.05, 4.69) is 10.2 Å². The fourth-order valence-corrected chi connectivity index (χ4v) is 4.36. The summed E-state index contributed by atoms with van der Waals surface area (Å²) in [6.45, 7) is -0.438. The molecule has 0 saturated carbocycles. The third-order valence-corrected chi connectivity index (χ3v) is 6.13. The Kier molecular flexibility index (Phi) is 5.92. The number of aromatic nitrogens is 3. The molecule has 0 aliphatic carbocycles. The van der Waals surface area contributed by atoms with Gasteiger partial charge in [-0.3, -0.25) is 19.0 Å². The molecule has 168 valence electrons. The minimum Gasteiger partial charge on any atom is -0.443 e. The quantitative estimate of drug-likeness (QED) is 0.230. The van der Waals surface area contributed by atoms with Gasteiger partial charge in [0, 0.05) is 11.3 Å². The van der Waals surface area contributed by atoms with Gasteiger partial charge in [-0.05, 0) is 24.3 Å². The van der Waals surface area contributed by atoms with Crippen molar-refractivity contribution < 1.29 is 19.1 Å². The first-order valence-corrected chi connectivity index (χ1v) is 11.4. The summed E-state index contributed by atoms with van der Waals surface area (Å²) in [5.41, 5.74) is 2.36. The van der Waals surface area contributed by atoms with Crippen molar-refractivity contribution >= 4 is 29.5 Å². The first-order chi connectivity index (χ1) is 16.6. The van der Waals surface area contributed by atoms with E-state index >= 15 is 0 Å². The lowest BCUT2D eigenvalue weighted by atomic mass is 10.1. The van der Waals surface area contributed by atoms with Crippen LogP contribution < -0.4 is 0 Å². The van der Waals surface area contributed by atoms with E-state index in [0.717, 1.165) is 27.9 Å². The molecule has 34 heavy (non-hydrogen) atoms. The van der Waals surface area contributed by atoms with Crippen LogP contribution in [0.25, 0.3) is 17.1 Å². The van der Waals surface area contributed by atoms with Crippen molar-refractivity contribution in [2.45, 2.75) is 5.16 Å². The highest BCUT2D eigenvalue weighted by atomic mass is 32.2. The Balaban J connectivity index is 1.28. The first kappa shape index (κ1) is 21.6. The largest absolute Gasteiger partial charge is 0.443 e. The highest BCUT2D eigenvalue weighted by Gasteiger charge is 2.35. The zero-order valence-electron chi connectivity index (χ0n) is 17.8. The lowest BCUT2D eigenvalue weighted by Crippen LogP contribution is -2.33. The maximum absolute atomic E-state index is 12.4. The molecule has 4 aromatic rings. The van der Waals surface area contributed by atoms with Crippen molar-refractivity contribution in [2.75, 3.05) is 12.5 Å². The summed E-state index contributed by atoms with van der Waals surface area (Å²) in [6, 6.07) is 25.8. The number of fused-ring (bicyclic) bond motifs is 1. The molecule has 1 aliphatic heterocycles. The van der Waals surface area contributed by atoms with Crippen LogP contribution in [0.2, 0.25) is 0 Å². The number of hydrogen-bond acceptors (Lipinski definition) is 7. The topological polar surface area (TPSA) is 94.4 Å². The van der Waals surface area contributed by atoms with Crippen LogP contribution in [0.5, 0.6) is 0 Å². The van der Waals surface area contributed by atoms with Gasteiger partial charge in [-0.15, -0.1) is 10.2 Å². The Morgan fingerprint density at radius 1 is 0.794 bits per heavy atom. The summed E-state index contributed by atoms with van der Waals surface area (Å²) >= 11 is 1.16. The second-order valence-corrected chi connectivity index (χ2v) is 8.30. The zero-order valence-corrected chi connectivity index (χ0v) is 18.6. The maximum atomic E-state index is 12.4. The van der Waals surface area contributed by atoms with Gasteiger partial charge >= 0.3 is 5.97 Å². The molecule has 0 spiro atoms. The molecule has 8 nitrogen and oxygen atoms in total. The summed E-state index contributed by atoms with van der Waals surface area (Å²) in [5, 5.41) is 9.13. The molecule has 1 aliphatic rings. The van der Waals surface area contributed by atoms with E-state index in [1.165, 1.54) is 0 Å². The van der Waals surface area contributed by atoms with Crippen molar-refractivity contribution in [1.82, 2.24) is 19.7 Å². The molecule has 0 fully saturated rings. The number of nitrogens with zero attached hydrogens (tertiary/aromatic N) is 4. The molecule has 2 amide bonds. The highest BCUT2D eigenvalue weighted by Crippen LogP contribution is 2.28. The van der Waals surface area contributed by atoms with E-state index in [1.54, 1.807) is 24.3 Å². The van der Waals surface area contributed by atoms with Gasteiger partial charge in [0.05, 0.1) is 16.9 Å². The molecule has 5 rings (SSSR count). The van der Waals surface area contributed by atoms with Crippen LogP contribution in [0.3, 0.4) is 0 Å². The van der Waals surface area contributed by atoms with Gasteiger partial charge in [-0.25, -0.2) is 4.90 Å². The Labute approximate surface area is 199 Å². The number of carbonyl (C=O) groups is 3. The summed E-state index contributed by atoms with van der Waals surface area (Å²) in [4.78, 5) is 38.2. The molecule has 0 bridgehead atoms. The predicted molar refractivity (Wildman–Crippen MR) is 125 cm³/mol. The molecule has 1 aromatic heterocycles. The van der Waals surface area contributed by atoms with Gasteiger partial charge in [0.2, 0.25) is 0 Å². The lowest BCUT2D eigenvalue weighted by molar-refractivity contribution is -0.142. The number of amides is 2. The van der Waals surface area contributed by atoms with Crippen molar-refractivity contribution in [3.05, 3.63) is 96.1 Å². The van der Waals surface area contributed by atoms with Gasteiger partial charge in [-0.2, -0.15) is 0 Å². The van der Waals surface area contributed by atoms with E-state index in [0.29, 0.717) is 22.1 Å². The number of ether oxygens (including phenoxy) is 1. The minimum absolute atomic E-state index is 0.0665. The fraction of sp³-hybridized carbons (Fsp3) is 0.0800. The number of thioether (sulfide) groups is 1. The van der Waals surface area contributed by atoms with Gasteiger partial charge in [0.25, 0.3) is 11.8 Å². The van der Waals surface area contributed by atoms with Crippen molar-refractivity contribution in [2.24, 2.45) is 0 Å². The van der Waals surface area contributed by atoms with Crippen LogP contribution in [0.15, 0.2) is 90.1 Å².